The zero-order chi connectivity index (χ0) is 10.7. The molecule has 14 heavy (non-hydrogen) atoms. The molecule has 0 bridgehead atoms. The number of nitriles is 1. The lowest BCUT2D eigenvalue weighted by Gasteiger charge is -2.05. The molecule has 0 saturated carbocycles. The Labute approximate surface area is 86.5 Å². The first-order chi connectivity index (χ1) is 6.61. The summed E-state index contributed by atoms with van der Waals surface area (Å²) in [5.74, 6) is -0.935. The van der Waals surface area contributed by atoms with Gasteiger partial charge in [0.15, 0.2) is 0 Å². The van der Waals surface area contributed by atoms with Crippen LogP contribution in [0.2, 0.25) is 0 Å². The third-order valence-corrected chi connectivity index (χ3v) is 2.18. The quantitative estimate of drug-likeness (QED) is 0.771. The molecule has 6 heteroatoms. The van der Waals surface area contributed by atoms with Gasteiger partial charge in [-0.05, 0) is 0 Å². The zero-order valence-electron chi connectivity index (χ0n) is 6.77. The van der Waals surface area contributed by atoms with E-state index in [0.717, 1.165) is 6.20 Å². The van der Waals surface area contributed by atoms with E-state index in [-0.39, 0.29) is 10.9 Å². The van der Waals surface area contributed by atoms with Crippen molar-refractivity contribution in [3.63, 3.8) is 0 Å². The predicted octanol–water partition coefficient (Wildman–Crippen LogP) is 2.92. The topological polar surface area (TPSA) is 36.7 Å². The molecule has 0 saturated heterocycles. The summed E-state index contributed by atoms with van der Waals surface area (Å²) in [4.78, 5) is 3.34. The van der Waals surface area contributed by atoms with E-state index >= 15 is 0 Å². The number of alkyl halides is 3. The first-order valence-electron chi connectivity index (χ1n) is 3.53. The van der Waals surface area contributed by atoms with Crippen LogP contribution in [-0.4, -0.2) is 4.98 Å². The third kappa shape index (κ3) is 1.87. The lowest BCUT2D eigenvalue weighted by Crippen LogP contribution is -2.02. The van der Waals surface area contributed by atoms with Crippen LogP contribution in [0.4, 0.5) is 13.2 Å². The molecule has 1 rings (SSSR count). The number of pyridine rings is 1. The van der Waals surface area contributed by atoms with Crippen molar-refractivity contribution in [2.24, 2.45) is 0 Å². The van der Waals surface area contributed by atoms with Crippen LogP contribution in [0.3, 0.4) is 0 Å². The summed E-state index contributed by atoms with van der Waals surface area (Å²) < 4.78 is 37.7. The molecule has 0 fully saturated rings. The molecule has 0 radical (unpaired) electrons. The Bertz CT molecular complexity index is 387. The molecular weight excluding hydrogens is 261 g/mol. The highest BCUT2D eigenvalue weighted by Crippen LogP contribution is 2.24. The summed E-state index contributed by atoms with van der Waals surface area (Å²) in [5, 5.41) is 8.62. The van der Waals surface area contributed by atoms with Crippen molar-refractivity contribution < 1.29 is 13.2 Å². The summed E-state index contributed by atoms with van der Waals surface area (Å²) in [6.07, 6.45) is -1.95. The molecule has 0 spiro atoms. The van der Waals surface area contributed by atoms with Crippen LogP contribution in [0.25, 0.3) is 0 Å². The molecule has 1 heterocycles. The Kier molecular flexibility index (Phi) is 3.47. The van der Waals surface area contributed by atoms with Gasteiger partial charge in [0, 0.05) is 17.1 Å². The molecular formula is C8H4BrF3N2. The number of aromatic nitrogens is 1. The van der Waals surface area contributed by atoms with E-state index in [1.807, 2.05) is 0 Å². The molecule has 0 unspecified atom stereocenters. The Morgan fingerprint density at radius 3 is 2.64 bits per heavy atom. The van der Waals surface area contributed by atoms with Crippen molar-refractivity contribution in [3.8, 4) is 6.07 Å². The van der Waals surface area contributed by atoms with Gasteiger partial charge in [-0.15, -0.1) is 0 Å². The second-order valence-corrected chi connectivity index (χ2v) is 2.96. The summed E-state index contributed by atoms with van der Waals surface area (Å²) in [6, 6.07) is 1.38. The first kappa shape index (κ1) is 11.0. The molecule has 0 amide bonds. The fourth-order valence-corrected chi connectivity index (χ4v) is 1.30. The maximum atomic E-state index is 13.3. The van der Waals surface area contributed by atoms with E-state index in [9.17, 15) is 13.2 Å². The largest absolute Gasteiger partial charge is 0.281 e. The molecule has 2 nitrogen and oxygen atoms in total. The standard InChI is InChI=1S/C8H4BrF3N2/c9-1-4-3-14-7(8(11)12)5(2-13)6(4)10/h3,8H,1H2. The smallest absolute Gasteiger partial charge is 0.253 e. The molecule has 0 aromatic carbocycles. The minimum Gasteiger partial charge on any atom is -0.253 e. The molecule has 0 aliphatic heterocycles. The van der Waals surface area contributed by atoms with Crippen molar-refractivity contribution in [2.45, 2.75) is 11.8 Å². The lowest BCUT2D eigenvalue weighted by molar-refractivity contribution is 0.145. The average molecular weight is 265 g/mol. The maximum absolute atomic E-state index is 13.3. The Morgan fingerprint density at radius 2 is 2.21 bits per heavy atom. The monoisotopic (exact) mass is 264 g/mol. The minimum atomic E-state index is -2.94. The molecule has 1 aromatic rings. The van der Waals surface area contributed by atoms with E-state index in [1.165, 1.54) is 6.07 Å². The Hall–Kier alpha value is -1.09. The highest BCUT2D eigenvalue weighted by Gasteiger charge is 2.20. The van der Waals surface area contributed by atoms with Crippen LogP contribution in [0, 0.1) is 17.1 Å². The lowest BCUT2D eigenvalue weighted by atomic mass is 10.1. The summed E-state index contributed by atoms with van der Waals surface area (Å²) in [5.41, 5.74) is -1.40. The van der Waals surface area contributed by atoms with Gasteiger partial charge in [-0.2, -0.15) is 5.26 Å². The van der Waals surface area contributed by atoms with Gasteiger partial charge in [0.1, 0.15) is 23.1 Å². The van der Waals surface area contributed by atoms with Gasteiger partial charge in [-0.1, -0.05) is 15.9 Å². The minimum absolute atomic E-state index is 0.0888. The van der Waals surface area contributed by atoms with Gasteiger partial charge in [-0.3, -0.25) is 4.98 Å². The van der Waals surface area contributed by atoms with Crippen molar-refractivity contribution >= 4 is 15.9 Å². The molecule has 0 aliphatic rings. The van der Waals surface area contributed by atoms with Gasteiger partial charge in [0.2, 0.25) is 0 Å². The second kappa shape index (κ2) is 4.42. The molecule has 0 N–H and O–H groups in total. The number of hydrogen-bond donors (Lipinski definition) is 0. The highest BCUT2D eigenvalue weighted by atomic mass is 79.9. The molecule has 1 aromatic heterocycles. The number of hydrogen-bond acceptors (Lipinski definition) is 2. The normalized spacial score (nSPS) is 10.3. The van der Waals surface area contributed by atoms with Gasteiger partial charge in [0.25, 0.3) is 6.43 Å². The van der Waals surface area contributed by atoms with E-state index in [4.69, 9.17) is 5.26 Å². The summed E-state index contributed by atoms with van der Waals surface area (Å²) in [7, 11) is 0. The fraction of sp³-hybridized carbons (Fsp3) is 0.250. The average Bonchev–Trinajstić information content (AvgIpc) is 2.17. The van der Waals surface area contributed by atoms with E-state index in [2.05, 4.69) is 20.9 Å². The third-order valence-electron chi connectivity index (χ3n) is 1.58. The van der Waals surface area contributed by atoms with E-state index < -0.39 is 23.5 Å². The summed E-state index contributed by atoms with van der Waals surface area (Å²) in [6.45, 7) is 0. The number of rotatable bonds is 2. The van der Waals surface area contributed by atoms with Crippen molar-refractivity contribution in [1.82, 2.24) is 4.98 Å². The number of halogens is 4. The second-order valence-electron chi connectivity index (χ2n) is 2.40. The predicted molar refractivity (Wildman–Crippen MR) is 46.5 cm³/mol. The highest BCUT2D eigenvalue weighted by molar-refractivity contribution is 9.08. The van der Waals surface area contributed by atoms with Crippen LogP contribution in [-0.2, 0) is 5.33 Å². The first-order valence-corrected chi connectivity index (χ1v) is 4.65. The zero-order valence-corrected chi connectivity index (χ0v) is 8.35. The molecule has 74 valence electrons. The Morgan fingerprint density at radius 1 is 1.57 bits per heavy atom. The van der Waals surface area contributed by atoms with Crippen molar-refractivity contribution in [1.29, 1.82) is 5.26 Å². The van der Waals surface area contributed by atoms with Gasteiger partial charge >= 0.3 is 0 Å². The SMILES string of the molecule is N#Cc1c(C(F)F)ncc(CBr)c1F. The van der Waals surface area contributed by atoms with E-state index in [0.29, 0.717) is 0 Å². The molecule has 0 aliphatic carbocycles. The van der Waals surface area contributed by atoms with Gasteiger partial charge < -0.3 is 0 Å². The number of nitrogens with zero attached hydrogens (tertiary/aromatic N) is 2. The van der Waals surface area contributed by atoms with Crippen LogP contribution in [0.5, 0.6) is 0 Å². The van der Waals surface area contributed by atoms with E-state index in [1.54, 1.807) is 0 Å². The van der Waals surface area contributed by atoms with Crippen LogP contribution in [0.1, 0.15) is 23.2 Å². The van der Waals surface area contributed by atoms with Crippen LogP contribution >= 0.6 is 15.9 Å². The molecule has 0 atom stereocenters. The summed E-state index contributed by atoms with van der Waals surface area (Å²) >= 11 is 2.96. The van der Waals surface area contributed by atoms with Crippen LogP contribution < -0.4 is 0 Å². The Balaban J connectivity index is 3.38. The van der Waals surface area contributed by atoms with Crippen molar-refractivity contribution in [2.75, 3.05) is 0 Å². The fourth-order valence-electron chi connectivity index (χ4n) is 0.907. The van der Waals surface area contributed by atoms with Crippen LogP contribution in [0.15, 0.2) is 6.20 Å². The van der Waals surface area contributed by atoms with Crippen molar-refractivity contribution in [3.05, 3.63) is 28.8 Å². The maximum Gasteiger partial charge on any atom is 0.281 e. The van der Waals surface area contributed by atoms with Gasteiger partial charge in [-0.25, -0.2) is 13.2 Å². The van der Waals surface area contributed by atoms with Gasteiger partial charge in [0.05, 0.1) is 0 Å².